The monoisotopic (exact) mass is 352 g/mol. The van der Waals surface area contributed by atoms with Gasteiger partial charge in [-0.2, -0.15) is 0 Å². The predicted molar refractivity (Wildman–Crippen MR) is 90.2 cm³/mol. The molecule has 4 nitrogen and oxygen atoms in total. The number of nitrogens with zero attached hydrogens (tertiary/aromatic N) is 2. The second-order valence-corrected chi connectivity index (χ2v) is 6.37. The number of anilines is 1. The molecule has 5 heteroatoms. The molecule has 2 rings (SSSR count). The first-order valence-corrected chi connectivity index (χ1v) is 8.06. The van der Waals surface area contributed by atoms with Gasteiger partial charge in [0, 0.05) is 18.6 Å². The molecule has 0 heterocycles. The Morgan fingerprint density at radius 1 is 1.29 bits per heavy atom. The van der Waals surface area contributed by atoms with Crippen LogP contribution in [0.1, 0.15) is 32.1 Å². The molecule has 21 heavy (non-hydrogen) atoms. The molecule has 0 bridgehead atoms. The van der Waals surface area contributed by atoms with Crippen molar-refractivity contribution in [2.24, 2.45) is 4.99 Å². The first kappa shape index (κ1) is 16.0. The van der Waals surface area contributed by atoms with Crippen LogP contribution in [-0.2, 0) is 4.79 Å². The van der Waals surface area contributed by atoms with E-state index in [1.165, 1.54) is 25.5 Å². The van der Waals surface area contributed by atoms with Crippen molar-refractivity contribution in [1.82, 2.24) is 0 Å². The molecule has 0 atom stereocenters. The van der Waals surface area contributed by atoms with Gasteiger partial charge in [0.05, 0.1) is 18.0 Å². The lowest BCUT2D eigenvalue weighted by molar-refractivity contribution is -0.102. The first-order valence-electron chi connectivity index (χ1n) is 7.27. The van der Waals surface area contributed by atoms with Gasteiger partial charge in [-0.25, -0.2) is 0 Å². The van der Waals surface area contributed by atoms with Crippen molar-refractivity contribution in [2.45, 2.75) is 38.2 Å². The van der Waals surface area contributed by atoms with Gasteiger partial charge in [-0.05, 0) is 37.8 Å². The van der Waals surface area contributed by atoms with Gasteiger partial charge in [0.15, 0.2) is 6.29 Å². The summed E-state index contributed by atoms with van der Waals surface area (Å²) in [4.78, 5) is 16.7. The molecular formula is C16H21BrN2O2. The zero-order chi connectivity index (χ0) is 15.2. The third-order valence-electron chi connectivity index (χ3n) is 3.59. The molecule has 0 radical (unpaired) electrons. The quantitative estimate of drug-likeness (QED) is 0.591. The SMILES string of the molecule is CN(C)c1c(/N=C\C=O)cc(Br)cc1OC1CCCCC1. The normalized spacial score (nSPS) is 16.1. The smallest absolute Gasteiger partial charge is 0.161 e. The van der Waals surface area contributed by atoms with Crippen molar-refractivity contribution in [2.75, 3.05) is 19.0 Å². The van der Waals surface area contributed by atoms with Gasteiger partial charge in [-0.15, -0.1) is 0 Å². The first-order chi connectivity index (χ1) is 10.1. The Morgan fingerprint density at radius 3 is 2.62 bits per heavy atom. The number of benzene rings is 1. The van der Waals surface area contributed by atoms with Crippen LogP contribution in [0, 0.1) is 0 Å². The molecule has 0 spiro atoms. The molecule has 0 aliphatic heterocycles. The standard InChI is InChI=1S/C16H21BrN2O2/c1-19(2)16-14(18-8-9-20)10-12(17)11-15(16)21-13-6-4-3-5-7-13/h8-11,13H,3-7H2,1-2H3/b18-8-. The van der Waals surface area contributed by atoms with Gasteiger partial charge < -0.3 is 9.64 Å². The summed E-state index contributed by atoms with van der Waals surface area (Å²) in [6, 6.07) is 3.87. The van der Waals surface area contributed by atoms with E-state index in [1.54, 1.807) is 0 Å². The third-order valence-corrected chi connectivity index (χ3v) is 4.04. The molecule has 1 saturated carbocycles. The fraction of sp³-hybridized carbons (Fsp3) is 0.500. The average Bonchev–Trinajstić information content (AvgIpc) is 2.45. The summed E-state index contributed by atoms with van der Waals surface area (Å²) in [6.07, 6.45) is 8.18. The number of ether oxygens (including phenoxy) is 1. The van der Waals surface area contributed by atoms with Gasteiger partial charge >= 0.3 is 0 Å². The summed E-state index contributed by atoms with van der Waals surface area (Å²) in [5.41, 5.74) is 1.63. The fourth-order valence-corrected chi connectivity index (χ4v) is 3.10. The molecule has 0 unspecified atom stereocenters. The summed E-state index contributed by atoms with van der Waals surface area (Å²) in [6.45, 7) is 0. The van der Waals surface area contributed by atoms with Gasteiger partial charge in [0.1, 0.15) is 11.4 Å². The summed E-state index contributed by atoms with van der Waals surface area (Å²) in [7, 11) is 3.91. The zero-order valence-corrected chi connectivity index (χ0v) is 14.1. The lowest BCUT2D eigenvalue weighted by atomic mass is 9.98. The van der Waals surface area contributed by atoms with E-state index in [4.69, 9.17) is 4.74 Å². The Balaban J connectivity index is 2.35. The van der Waals surface area contributed by atoms with Crippen LogP contribution >= 0.6 is 15.9 Å². The average molecular weight is 353 g/mol. The number of aliphatic imine (C=N–C) groups is 1. The van der Waals surface area contributed by atoms with Crippen molar-refractivity contribution in [1.29, 1.82) is 0 Å². The molecule has 1 aliphatic rings. The number of rotatable bonds is 5. The third kappa shape index (κ3) is 4.30. The summed E-state index contributed by atoms with van der Waals surface area (Å²) >= 11 is 3.49. The van der Waals surface area contributed by atoms with E-state index in [9.17, 15) is 4.79 Å². The number of carbonyl (C=O) groups excluding carboxylic acids is 1. The summed E-state index contributed by atoms with van der Waals surface area (Å²) in [5, 5.41) is 0. The molecule has 0 amide bonds. The number of aldehydes is 1. The highest BCUT2D eigenvalue weighted by Crippen LogP contribution is 2.41. The number of hydrogen-bond donors (Lipinski definition) is 0. The Hall–Kier alpha value is -1.36. The van der Waals surface area contributed by atoms with Gasteiger partial charge in [0.2, 0.25) is 0 Å². The summed E-state index contributed by atoms with van der Waals surface area (Å²) < 4.78 is 7.12. The molecule has 1 aromatic carbocycles. The maximum atomic E-state index is 10.5. The minimum absolute atomic E-state index is 0.273. The van der Waals surface area contributed by atoms with Gasteiger partial charge in [-0.3, -0.25) is 9.79 Å². The minimum atomic E-state index is 0.273. The van der Waals surface area contributed by atoms with Crippen LogP contribution in [0.3, 0.4) is 0 Å². The van der Waals surface area contributed by atoms with Gasteiger partial charge in [-0.1, -0.05) is 22.4 Å². The molecule has 0 saturated heterocycles. The largest absolute Gasteiger partial charge is 0.488 e. The molecular weight excluding hydrogens is 332 g/mol. The Kier molecular flexibility index (Phi) is 5.79. The lowest BCUT2D eigenvalue weighted by Gasteiger charge is -2.27. The van der Waals surface area contributed by atoms with Crippen LogP contribution in [0.2, 0.25) is 0 Å². The predicted octanol–water partition coefficient (Wildman–Crippen LogP) is 4.13. The molecule has 0 aromatic heterocycles. The molecule has 1 aliphatic carbocycles. The number of halogens is 1. The van der Waals surface area contributed by atoms with Crippen LogP contribution in [0.5, 0.6) is 5.75 Å². The van der Waals surface area contributed by atoms with Crippen molar-refractivity contribution >= 4 is 39.8 Å². The second-order valence-electron chi connectivity index (χ2n) is 5.46. The van der Waals surface area contributed by atoms with Crippen LogP contribution in [-0.4, -0.2) is 32.7 Å². The van der Waals surface area contributed by atoms with E-state index >= 15 is 0 Å². The van der Waals surface area contributed by atoms with E-state index in [1.807, 2.05) is 31.1 Å². The van der Waals surface area contributed by atoms with E-state index in [-0.39, 0.29) is 6.10 Å². The number of carbonyl (C=O) groups is 1. The highest BCUT2D eigenvalue weighted by atomic mass is 79.9. The Morgan fingerprint density at radius 2 is 2.00 bits per heavy atom. The van der Waals surface area contributed by atoms with Crippen molar-refractivity contribution in [3.63, 3.8) is 0 Å². The summed E-state index contributed by atoms with van der Waals surface area (Å²) in [5.74, 6) is 0.819. The van der Waals surface area contributed by atoms with Crippen molar-refractivity contribution < 1.29 is 9.53 Å². The van der Waals surface area contributed by atoms with Crippen LogP contribution in [0.15, 0.2) is 21.6 Å². The molecule has 0 N–H and O–H groups in total. The highest BCUT2D eigenvalue weighted by molar-refractivity contribution is 9.10. The van der Waals surface area contributed by atoms with E-state index in [0.717, 1.165) is 34.4 Å². The molecule has 114 valence electrons. The Bertz CT molecular complexity index is 523. The highest BCUT2D eigenvalue weighted by Gasteiger charge is 2.19. The minimum Gasteiger partial charge on any atom is -0.488 e. The molecule has 1 aromatic rings. The number of hydrogen-bond acceptors (Lipinski definition) is 4. The van der Waals surface area contributed by atoms with Crippen molar-refractivity contribution in [3.05, 3.63) is 16.6 Å². The zero-order valence-electron chi connectivity index (χ0n) is 12.5. The van der Waals surface area contributed by atoms with E-state index in [0.29, 0.717) is 6.29 Å². The fourth-order valence-electron chi connectivity index (χ4n) is 2.67. The van der Waals surface area contributed by atoms with Crippen LogP contribution in [0.25, 0.3) is 0 Å². The Labute approximate surface area is 134 Å². The second kappa shape index (κ2) is 7.59. The topological polar surface area (TPSA) is 41.9 Å². The van der Waals surface area contributed by atoms with E-state index < -0.39 is 0 Å². The van der Waals surface area contributed by atoms with Crippen LogP contribution in [0.4, 0.5) is 11.4 Å². The van der Waals surface area contributed by atoms with E-state index in [2.05, 4.69) is 20.9 Å². The molecule has 1 fully saturated rings. The van der Waals surface area contributed by atoms with Crippen LogP contribution < -0.4 is 9.64 Å². The maximum Gasteiger partial charge on any atom is 0.161 e. The van der Waals surface area contributed by atoms with Gasteiger partial charge in [0.25, 0.3) is 0 Å². The van der Waals surface area contributed by atoms with Crippen molar-refractivity contribution in [3.8, 4) is 5.75 Å². The lowest BCUT2D eigenvalue weighted by Crippen LogP contribution is -2.21. The maximum absolute atomic E-state index is 10.5.